The van der Waals surface area contributed by atoms with Crippen LogP contribution in [0.3, 0.4) is 0 Å². The highest BCUT2D eigenvalue weighted by Crippen LogP contribution is 2.10. The van der Waals surface area contributed by atoms with Crippen molar-refractivity contribution in [3.63, 3.8) is 0 Å². The standard InChI is InChI=1S/C12H19N3/c1-5-13-9-7-8-12-10(3)14-15(6-2)11(12)4/h13H,5-6,9H2,1-4H3. The van der Waals surface area contributed by atoms with E-state index in [1.54, 1.807) is 0 Å². The van der Waals surface area contributed by atoms with Gasteiger partial charge >= 0.3 is 0 Å². The molecule has 0 aliphatic carbocycles. The van der Waals surface area contributed by atoms with Gasteiger partial charge in [0.15, 0.2) is 0 Å². The van der Waals surface area contributed by atoms with Gasteiger partial charge in [-0.05, 0) is 27.3 Å². The second kappa shape index (κ2) is 5.57. The third-order valence-corrected chi connectivity index (χ3v) is 2.36. The largest absolute Gasteiger partial charge is 0.306 e. The lowest BCUT2D eigenvalue weighted by Crippen LogP contribution is -2.11. The first kappa shape index (κ1) is 11.8. The minimum absolute atomic E-state index is 0.743. The first-order valence-corrected chi connectivity index (χ1v) is 5.44. The highest BCUT2D eigenvalue weighted by Gasteiger charge is 2.07. The van der Waals surface area contributed by atoms with Crippen molar-refractivity contribution in [2.24, 2.45) is 0 Å². The summed E-state index contributed by atoms with van der Waals surface area (Å²) < 4.78 is 1.99. The van der Waals surface area contributed by atoms with Crippen molar-refractivity contribution in [2.45, 2.75) is 34.2 Å². The van der Waals surface area contributed by atoms with Crippen LogP contribution in [0.25, 0.3) is 0 Å². The zero-order valence-corrected chi connectivity index (χ0v) is 10.0. The number of aromatic nitrogens is 2. The lowest BCUT2D eigenvalue weighted by atomic mass is 10.2. The number of rotatable bonds is 3. The lowest BCUT2D eigenvalue weighted by Gasteiger charge is -1.97. The predicted molar refractivity (Wildman–Crippen MR) is 62.8 cm³/mol. The molecule has 0 spiro atoms. The van der Waals surface area contributed by atoms with Gasteiger partial charge in [0, 0.05) is 6.54 Å². The Kier molecular flexibility index (Phi) is 4.38. The minimum atomic E-state index is 0.743. The zero-order chi connectivity index (χ0) is 11.3. The normalized spacial score (nSPS) is 9.87. The summed E-state index contributed by atoms with van der Waals surface area (Å²) >= 11 is 0. The second-order valence-electron chi connectivity index (χ2n) is 3.44. The summed E-state index contributed by atoms with van der Waals surface area (Å²) in [5, 5.41) is 7.60. The summed E-state index contributed by atoms with van der Waals surface area (Å²) in [6, 6.07) is 0. The van der Waals surface area contributed by atoms with Crippen LogP contribution in [0.15, 0.2) is 0 Å². The van der Waals surface area contributed by atoms with E-state index in [1.807, 2.05) is 11.6 Å². The summed E-state index contributed by atoms with van der Waals surface area (Å²) in [6.45, 7) is 10.9. The molecule has 0 saturated carbocycles. The minimum Gasteiger partial charge on any atom is -0.306 e. The van der Waals surface area contributed by atoms with Crippen molar-refractivity contribution in [3.05, 3.63) is 17.0 Å². The molecule has 3 heteroatoms. The van der Waals surface area contributed by atoms with E-state index in [0.29, 0.717) is 0 Å². The molecule has 3 nitrogen and oxygen atoms in total. The Morgan fingerprint density at radius 3 is 2.60 bits per heavy atom. The molecule has 0 aromatic carbocycles. The fourth-order valence-electron chi connectivity index (χ4n) is 1.51. The van der Waals surface area contributed by atoms with Gasteiger partial charge in [0.25, 0.3) is 0 Å². The van der Waals surface area contributed by atoms with Gasteiger partial charge in [-0.1, -0.05) is 18.8 Å². The predicted octanol–water partition coefficient (Wildman–Crippen LogP) is 1.48. The van der Waals surface area contributed by atoms with Crippen molar-refractivity contribution >= 4 is 0 Å². The molecule has 1 N–H and O–H groups in total. The molecule has 1 rings (SSSR count). The molecule has 0 saturated heterocycles. The quantitative estimate of drug-likeness (QED) is 0.598. The second-order valence-corrected chi connectivity index (χ2v) is 3.44. The van der Waals surface area contributed by atoms with Gasteiger partial charge in [0.2, 0.25) is 0 Å². The molecule has 0 aliphatic heterocycles. The molecular formula is C12H19N3. The van der Waals surface area contributed by atoms with Gasteiger partial charge in [-0.3, -0.25) is 4.68 Å². The molecule has 0 radical (unpaired) electrons. The van der Waals surface area contributed by atoms with Crippen molar-refractivity contribution < 1.29 is 0 Å². The number of aryl methyl sites for hydroxylation is 2. The van der Waals surface area contributed by atoms with Crippen LogP contribution in [0, 0.1) is 25.7 Å². The molecule has 1 aromatic rings. The third-order valence-electron chi connectivity index (χ3n) is 2.36. The van der Waals surface area contributed by atoms with Crippen LogP contribution >= 0.6 is 0 Å². The fraction of sp³-hybridized carbons (Fsp3) is 0.583. The van der Waals surface area contributed by atoms with E-state index < -0.39 is 0 Å². The topological polar surface area (TPSA) is 29.9 Å². The van der Waals surface area contributed by atoms with Crippen LogP contribution < -0.4 is 5.32 Å². The Labute approximate surface area is 91.9 Å². The fourth-order valence-corrected chi connectivity index (χ4v) is 1.51. The monoisotopic (exact) mass is 205 g/mol. The average Bonchev–Trinajstić information content (AvgIpc) is 2.50. The van der Waals surface area contributed by atoms with E-state index in [2.05, 4.69) is 43.0 Å². The molecule has 0 amide bonds. The van der Waals surface area contributed by atoms with Crippen LogP contribution in [0.1, 0.15) is 30.8 Å². The molecule has 1 aromatic heterocycles. The highest BCUT2D eigenvalue weighted by molar-refractivity contribution is 5.41. The molecule has 82 valence electrons. The van der Waals surface area contributed by atoms with Gasteiger partial charge in [-0.25, -0.2) is 0 Å². The van der Waals surface area contributed by atoms with E-state index in [0.717, 1.165) is 30.9 Å². The van der Waals surface area contributed by atoms with Gasteiger partial charge < -0.3 is 5.32 Å². The summed E-state index contributed by atoms with van der Waals surface area (Å²) in [5.41, 5.74) is 3.27. The number of nitrogens with one attached hydrogen (secondary N) is 1. The Morgan fingerprint density at radius 2 is 2.07 bits per heavy atom. The summed E-state index contributed by atoms with van der Waals surface area (Å²) in [5.74, 6) is 6.28. The molecule has 1 heterocycles. The van der Waals surface area contributed by atoms with Crippen LogP contribution in [0.4, 0.5) is 0 Å². The van der Waals surface area contributed by atoms with Crippen LogP contribution in [0.5, 0.6) is 0 Å². The van der Waals surface area contributed by atoms with E-state index in [-0.39, 0.29) is 0 Å². The van der Waals surface area contributed by atoms with Gasteiger partial charge in [-0.15, -0.1) is 0 Å². The highest BCUT2D eigenvalue weighted by atomic mass is 15.3. The smallest absolute Gasteiger partial charge is 0.0753 e. The number of hydrogen-bond donors (Lipinski definition) is 1. The summed E-state index contributed by atoms with van der Waals surface area (Å²) in [4.78, 5) is 0. The van der Waals surface area contributed by atoms with E-state index >= 15 is 0 Å². The van der Waals surface area contributed by atoms with E-state index in [1.165, 1.54) is 5.69 Å². The maximum absolute atomic E-state index is 4.42. The maximum Gasteiger partial charge on any atom is 0.0753 e. The Bertz CT molecular complexity index is 380. The average molecular weight is 205 g/mol. The van der Waals surface area contributed by atoms with Crippen molar-refractivity contribution in [1.82, 2.24) is 15.1 Å². The van der Waals surface area contributed by atoms with Gasteiger partial charge in [0.1, 0.15) is 0 Å². The first-order chi connectivity index (χ1) is 7.20. The Morgan fingerprint density at radius 1 is 1.33 bits per heavy atom. The molecule has 0 bridgehead atoms. The SMILES string of the molecule is CCNCC#Cc1c(C)nn(CC)c1C. The van der Waals surface area contributed by atoms with Gasteiger partial charge in [0.05, 0.1) is 23.5 Å². The zero-order valence-electron chi connectivity index (χ0n) is 10.0. The Hall–Kier alpha value is -1.27. The molecular weight excluding hydrogens is 186 g/mol. The summed E-state index contributed by atoms with van der Waals surface area (Å²) in [7, 11) is 0. The van der Waals surface area contributed by atoms with Crippen molar-refractivity contribution in [3.8, 4) is 11.8 Å². The molecule has 0 fully saturated rings. The van der Waals surface area contributed by atoms with Crippen LogP contribution in [-0.4, -0.2) is 22.9 Å². The molecule has 0 aliphatic rings. The number of hydrogen-bond acceptors (Lipinski definition) is 2. The summed E-state index contributed by atoms with van der Waals surface area (Å²) in [6.07, 6.45) is 0. The molecule has 0 atom stereocenters. The molecule has 0 unspecified atom stereocenters. The first-order valence-electron chi connectivity index (χ1n) is 5.44. The van der Waals surface area contributed by atoms with Crippen LogP contribution in [0.2, 0.25) is 0 Å². The molecule has 15 heavy (non-hydrogen) atoms. The van der Waals surface area contributed by atoms with E-state index in [4.69, 9.17) is 0 Å². The van der Waals surface area contributed by atoms with Gasteiger partial charge in [-0.2, -0.15) is 5.10 Å². The number of nitrogens with zero attached hydrogens (tertiary/aromatic N) is 2. The van der Waals surface area contributed by atoms with Crippen molar-refractivity contribution in [2.75, 3.05) is 13.1 Å². The van der Waals surface area contributed by atoms with Crippen molar-refractivity contribution in [1.29, 1.82) is 0 Å². The van der Waals surface area contributed by atoms with E-state index in [9.17, 15) is 0 Å². The Balaban J connectivity index is 2.83. The lowest BCUT2D eigenvalue weighted by molar-refractivity contribution is 0.634. The third kappa shape index (κ3) is 2.84. The van der Waals surface area contributed by atoms with Crippen LogP contribution in [-0.2, 0) is 6.54 Å². The maximum atomic E-state index is 4.42.